The van der Waals surface area contributed by atoms with Crippen LogP contribution in [-0.2, 0) is 14.8 Å². The molecular formula is C23H28N2O6S. The van der Waals surface area contributed by atoms with Gasteiger partial charge in [0.15, 0.2) is 0 Å². The van der Waals surface area contributed by atoms with E-state index in [-0.39, 0.29) is 4.90 Å². The topological polar surface area (TPSA) is 107 Å². The molecular weight excluding hydrogens is 432 g/mol. The SMILES string of the molecule is COc1ccc2c(c1)c([C@@H](CO)NC(=O)OC(C)(C)C)cn2S(=O)(=O)c1ccc(C)cc1. The summed E-state index contributed by atoms with van der Waals surface area (Å²) < 4.78 is 38.6. The Labute approximate surface area is 187 Å². The molecule has 2 aromatic carbocycles. The zero-order valence-corrected chi connectivity index (χ0v) is 19.6. The van der Waals surface area contributed by atoms with Crippen LogP contribution in [0.2, 0.25) is 0 Å². The van der Waals surface area contributed by atoms with Gasteiger partial charge in [0.05, 0.1) is 30.2 Å². The Hall–Kier alpha value is -3.04. The molecule has 0 fully saturated rings. The van der Waals surface area contributed by atoms with Crippen molar-refractivity contribution in [1.82, 2.24) is 9.29 Å². The van der Waals surface area contributed by atoms with E-state index >= 15 is 0 Å². The van der Waals surface area contributed by atoms with Crippen molar-refractivity contribution in [2.75, 3.05) is 13.7 Å². The number of benzene rings is 2. The highest BCUT2D eigenvalue weighted by molar-refractivity contribution is 7.90. The van der Waals surface area contributed by atoms with E-state index in [1.54, 1.807) is 63.2 Å². The summed E-state index contributed by atoms with van der Waals surface area (Å²) in [5, 5.41) is 13.2. The van der Waals surface area contributed by atoms with E-state index in [0.29, 0.717) is 22.2 Å². The molecule has 3 aromatic rings. The van der Waals surface area contributed by atoms with Gasteiger partial charge in [0.1, 0.15) is 11.4 Å². The number of hydrogen-bond donors (Lipinski definition) is 2. The van der Waals surface area contributed by atoms with Gasteiger partial charge in [-0.1, -0.05) is 17.7 Å². The number of hydrogen-bond acceptors (Lipinski definition) is 6. The van der Waals surface area contributed by atoms with Gasteiger partial charge < -0.3 is 19.9 Å². The van der Waals surface area contributed by atoms with Gasteiger partial charge >= 0.3 is 6.09 Å². The van der Waals surface area contributed by atoms with E-state index in [0.717, 1.165) is 9.54 Å². The van der Waals surface area contributed by atoms with E-state index < -0.39 is 34.4 Å². The van der Waals surface area contributed by atoms with Crippen LogP contribution in [0.15, 0.2) is 53.6 Å². The van der Waals surface area contributed by atoms with Crippen molar-refractivity contribution in [2.24, 2.45) is 0 Å². The predicted octanol–water partition coefficient (Wildman–Crippen LogP) is 3.75. The Morgan fingerprint density at radius 3 is 2.38 bits per heavy atom. The Morgan fingerprint density at radius 2 is 1.81 bits per heavy atom. The molecule has 8 nitrogen and oxygen atoms in total. The number of amides is 1. The molecule has 1 amide bonds. The van der Waals surface area contributed by atoms with E-state index in [1.807, 2.05) is 6.92 Å². The second-order valence-corrected chi connectivity index (χ2v) is 10.3. The molecule has 0 saturated heterocycles. The van der Waals surface area contributed by atoms with Crippen LogP contribution in [0.25, 0.3) is 10.9 Å². The van der Waals surface area contributed by atoms with Gasteiger partial charge in [-0.3, -0.25) is 0 Å². The first-order valence-electron chi connectivity index (χ1n) is 10.1. The first kappa shape index (κ1) is 23.6. The van der Waals surface area contributed by atoms with Gasteiger partial charge in [0.25, 0.3) is 10.0 Å². The van der Waals surface area contributed by atoms with Crippen molar-refractivity contribution in [3.63, 3.8) is 0 Å². The molecule has 32 heavy (non-hydrogen) atoms. The number of aryl methyl sites for hydroxylation is 1. The highest BCUT2D eigenvalue weighted by atomic mass is 32.2. The minimum absolute atomic E-state index is 0.128. The van der Waals surface area contributed by atoms with Crippen LogP contribution >= 0.6 is 0 Å². The molecule has 2 N–H and O–H groups in total. The molecule has 1 atom stereocenters. The standard InChI is InChI=1S/C23H28N2O6S/c1-15-6-9-17(10-7-15)32(28,29)25-13-19(18-12-16(30-5)8-11-21(18)25)20(14-26)24-22(27)31-23(2,3)4/h6-13,20,26H,14H2,1-5H3,(H,24,27)/t20-/m1/s1. The van der Waals surface area contributed by atoms with Crippen LogP contribution in [0.1, 0.15) is 37.9 Å². The van der Waals surface area contributed by atoms with Gasteiger partial charge in [-0.15, -0.1) is 0 Å². The lowest BCUT2D eigenvalue weighted by Crippen LogP contribution is -2.36. The summed E-state index contributed by atoms with van der Waals surface area (Å²) in [6, 6.07) is 10.6. The zero-order chi connectivity index (χ0) is 23.7. The molecule has 0 aliphatic heterocycles. The van der Waals surface area contributed by atoms with Crippen LogP contribution in [-0.4, -0.2) is 42.9 Å². The number of alkyl carbamates (subject to hydrolysis) is 1. The van der Waals surface area contributed by atoms with Gasteiger partial charge in [-0.2, -0.15) is 0 Å². The van der Waals surface area contributed by atoms with Crippen LogP contribution in [0.4, 0.5) is 4.79 Å². The maximum Gasteiger partial charge on any atom is 0.408 e. The average molecular weight is 461 g/mol. The summed E-state index contributed by atoms with van der Waals surface area (Å²) >= 11 is 0. The number of methoxy groups -OCH3 is 1. The van der Waals surface area contributed by atoms with Crippen molar-refractivity contribution < 1.29 is 27.8 Å². The van der Waals surface area contributed by atoms with Crippen LogP contribution in [0, 0.1) is 6.92 Å². The first-order valence-corrected chi connectivity index (χ1v) is 11.5. The van der Waals surface area contributed by atoms with Gasteiger partial charge in [-0.25, -0.2) is 17.2 Å². The van der Waals surface area contributed by atoms with Gasteiger partial charge in [-0.05, 0) is 58.0 Å². The number of carbonyl (C=O) groups is 1. The van der Waals surface area contributed by atoms with Gasteiger partial charge in [0, 0.05) is 17.1 Å². The predicted molar refractivity (Wildman–Crippen MR) is 121 cm³/mol. The molecule has 0 saturated carbocycles. The fourth-order valence-electron chi connectivity index (χ4n) is 3.30. The average Bonchev–Trinajstić information content (AvgIpc) is 3.10. The number of fused-ring (bicyclic) bond motifs is 1. The second kappa shape index (κ2) is 8.84. The van der Waals surface area contributed by atoms with Gasteiger partial charge in [0.2, 0.25) is 0 Å². The van der Waals surface area contributed by atoms with Crippen molar-refractivity contribution in [1.29, 1.82) is 0 Å². The lowest BCUT2D eigenvalue weighted by Gasteiger charge is -2.22. The van der Waals surface area contributed by atoms with E-state index in [4.69, 9.17) is 9.47 Å². The molecule has 0 bridgehead atoms. The summed E-state index contributed by atoms with van der Waals surface area (Å²) in [5.41, 5.74) is 1.03. The maximum absolute atomic E-state index is 13.4. The molecule has 0 unspecified atom stereocenters. The quantitative estimate of drug-likeness (QED) is 0.580. The van der Waals surface area contributed by atoms with Crippen molar-refractivity contribution >= 4 is 27.0 Å². The Kier molecular flexibility index (Phi) is 6.52. The molecule has 1 heterocycles. The first-order chi connectivity index (χ1) is 15.0. The van der Waals surface area contributed by atoms with Crippen molar-refractivity contribution in [2.45, 2.75) is 44.2 Å². The van der Waals surface area contributed by atoms with E-state index in [2.05, 4.69) is 5.32 Å². The number of ether oxygens (including phenoxy) is 2. The molecule has 0 aliphatic rings. The number of carbonyl (C=O) groups excluding carboxylic acids is 1. The third-order valence-corrected chi connectivity index (χ3v) is 6.52. The molecule has 0 radical (unpaired) electrons. The van der Waals surface area contributed by atoms with Crippen molar-refractivity contribution in [3.05, 3.63) is 59.8 Å². The summed E-state index contributed by atoms with van der Waals surface area (Å²) in [6.07, 6.45) is 0.694. The Morgan fingerprint density at radius 1 is 1.16 bits per heavy atom. The third-order valence-electron chi connectivity index (χ3n) is 4.84. The van der Waals surface area contributed by atoms with Crippen LogP contribution in [0.3, 0.4) is 0 Å². The number of aliphatic hydroxyl groups excluding tert-OH is 1. The lowest BCUT2D eigenvalue weighted by molar-refractivity contribution is 0.0482. The smallest absolute Gasteiger partial charge is 0.408 e. The number of nitrogens with zero attached hydrogens (tertiary/aromatic N) is 1. The minimum atomic E-state index is -3.93. The Balaban J connectivity index is 2.14. The summed E-state index contributed by atoms with van der Waals surface area (Å²) in [4.78, 5) is 12.5. The molecule has 1 aromatic heterocycles. The highest BCUT2D eigenvalue weighted by Crippen LogP contribution is 2.32. The fourth-order valence-corrected chi connectivity index (χ4v) is 4.68. The Bertz CT molecular complexity index is 1220. The molecule has 0 aliphatic carbocycles. The molecule has 172 valence electrons. The normalized spacial score (nSPS) is 13.1. The fraction of sp³-hybridized carbons (Fsp3) is 0.348. The minimum Gasteiger partial charge on any atom is -0.497 e. The summed E-state index contributed by atoms with van der Waals surface area (Å²) in [7, 11) is -2.43. The summed E-state index contributed by atoms with van der Waals surface area (Å²) in [5.74, 6) is 0.512. The largest absolute Gasteiger partial charge is 0.497 e. The molecule has 0 spiro atoms. The van der Waals surface area contributed by atoms with Crippen LogP contribution < -0.4 is 10.1 Å². The maximum atomic E-state index is 13.4. The number of aliphatic hydroxyl groups is 1. The number of aromatic nitrogens is 1. The van der Waals surface area contributed by atoms with Crippen LogP contribution in [0.5, 0.6) is 5.75 Å². The second-order valence-electron chi connectivity index (χ2n) is 8.46. The molecule has 3 rings (SSSR count). The van der Waals surface area contributed by atoms with Crippen molar-refractivity contribution in [3.8, 4) is 5.75 Å². The molecule has 9 heteroatoms. The van der Waals surface area contributed by atoms with E-state index in [1.165, 1.54) is 13.3 Å². The third kappa shape index (κ3) is 4.89. The monoisotopic (exact) mass is 460 g/mol. The number of nitrogens with one attached hydrogen (secondary N) is 1. The van der Waals surface area contributed by atoms with E-state index in [9.17, 15) is 18.3 Å². The zero-order valence-electron chi connectivity index (χ0n) is 18.7. The highest BCUT2D eigenvalue weighted by Gasteiger charge is 2.27. The lowest BCUT2D eigenvalue weighted by atomic mass is 10.1. The number of rotatable bonds is 6. The summed E-state index contributed by atoms with van der Waals surface area (Å²) in [6.45, 7) is 6.60.